The van der Waals surface area contributed by atoms with Crippen LogP contribution >= 0.6 is 0 Å². The van der Waals surface area contributed by atoms with E-state index in [0.717, 1.165) is 23.4 Å². The first-order chi connectivity index (χ1) is 9.83. The molecule has 2 heterocycles. The van der Waals surface area contributed by atoms with Gasteiger partial charge in [0.1, 0.15) is 5.76 Å². The van der Waals surface area contributed by atoms with E-state index in [0.29, 0.717) is 32.4 Å². The van der Waals surface area contributed by atoms with Crippen LogP contribution in [0.2, 0.25) is 0 Å². The molecule has 1 fully saturated rings. The van der Waals surface area contributed by atoms with Crippen molar-refractivity contribution in [3.8, 4) is 0 Å². The standard InChI is InChI=1S/C15H22N2O4/c1-10-12(11(2)21-16-10)5-6-13(18)17-8-4-7-15(3,9-17)14(19)20/h4-9H2,1-3H3,(H,19,20). The van der Waals surface area contributed by atoms with Crippen molar-refractivity contribution in [2.24, 2.45) is 5.41 Å². The molecule has 2 rings (SSSR count). The van der Waals surface area contributed by atoms with Crippen LogP contribution in [-0.4, -0.2) is 40.1 Å². The molecule has 0 aromatic carbocycles. The largest absolute Gasteiger partial charge is 0.481 e. The maximum Gasteiger partial charge on any atom is 0.311 e. The first-order valence-corrected chi connectivity index (χ1v) is 7.26. The quantitative estimate of drug-likeness (QED) is 0.917. The second-order valence-corrected chi connectivity index (χ2v) is 6.09. The Morgan fingerprint density at radius 3 is 2.71 bits per heavy atom. The van der Waals surface area contributed by atoms with Gasteiger partial charge in [0, 0.05) is 25.1 Å². The summed E-state index contributed by atoms with van der Waals surface area (Å²) in [5.74, 6) is -0.0813. The van der Waals surface area contributed by atoms with E-state index < -0.39 is 11.4 Å². The fourth-order valence-electron chi connectivity index (χ4n) is 2.88. The van der Waals surface area contributed by atoms with Gasteiger partial charge in [-0.2, -0.15) is 0 Å². The summed E-state index contributed by atoms with van der Waals surface area (Å²) in [6.45, 7) is 6.34. The maximum atomic E-state index is 12.3. The number of nitrogens with zero attached hydrogens (tertiary/aromatic N) is 2. The third kappa shape index (κ3) is 3.25. The molecule has 0 saturated carbocycles. The fourth-order valence-corrected chi connectivity index (χ4v) is 2.88. The lowest BCUT2D eigenvalue weighted by molar-refractivity contribution is -0.153. The molecule has 21 heavy (non-hydrogen) atoms. The highest BCUT2D eigenvalue weighted by Gasteiger charge is 2.39. The van der Waals surface area contributed by atoms with Crippen molar-refractivity contribution >= 4 is 11.9 Å². The summed E-state index contributed by atoms with van der Waals surface area (Å²) in [4.78, 5) is 25.3. The highest BCUT2D eigenvalue weighted by molar-refractivity contribution is 5.79. The van der Waals surface area contributed by atoms with E-state index in [1.54, 1.807) is 11.8 Å². The first-order valence-electron chi connectivity index (χ1n) is 7.26. The Kier molecular flexibility index (Phi) is 4.34. The van der Waals surface area contributed by atoms with E-state index in [9.17, 15) is 14.7 Å². The number of carboxylic acid groups (broad SMARTS) is 1. The molecular formula is C15H22N2O4. The van der Waals surface area contributed by atoms with Gasteiger partial charge in [-0.3, -0.25) is 9.59 Å². The molecule has 1 aliphatic rings. The molecule has 1 aromatic rings. The smallest absolute Gasteiger partial charge is 0.311 e. The lowest BCUT2D eigenvalue weighted by Crippen LogP contribution is -2.48. The van der Waals surface area contributed by atoms with Crippen LogP contribution < -0.4 is 0 Å². The molecule has 1 saturated heterocycles. The first kappa shape index (κ1) is 15.5. The van der Waals surface area contributed by atoms with Crippen molar-refractivity contribution in [3.05, 3.63) is 17.0 Å². The Bertz CT molecular complexity index is 532. The van der Waals surface area contributed by atoms with E-state index in [2.05, 4.69) is 5.16 Å². The summed E-state index contributed by atoms with van der Waals surface area (Å²) in [5.41, 5.74) is 0.965. The Labute approximate surface area is 124 Å². The lowest BCUT2D eigenvalue weighted by atomic mass is 9.82. The van der Waals surface area contributed by atoms with Gasteiger partial charge in [0.15, 0.2) is 0 Å². The molecule has 6 nitrogen and oxygen atoms in total. The molecule has 0 radical (unpaired) electrons. The van der Waals surface area contributed by atoms with E-state index >= 15 is 0 Å². The fraction of sp³-hybridized carbons (Fsp3) is 0.667. The van der Waals surface area contributed by atoms with Gasteiger partial charge in [-0.05, 0) is 40.0 Å². The predicted molar refractivity (Wildman–Crippen MR) is 75.9 cm³/mol. The number of carboxylic acids is 1. The van der Waals surface area contributed by atoms with Gasteiger partial charge in [-0.15, -0.1) is 0 Å². The minimum atomic E-state index is -0.828. The summed E-state index contributed by atoms with van der Waals surface area (Å²) >= 11 is 0. The van der Waals surface area contributed by atoms with E-state index in [1.807, 2.05) is 13.8 Å². The Balaban J connectivity index is 1.96. The van der Waals surface area contributed by atoms with Crippen LogP contribution in [0.25, 0.3) is 0 Å². The van der Waals surface area contributed by atoms with Gasteiger partial charge >= 0.3 is 5.97 Å². The zero-order valence-corrected chi connectivity index (χ0v) is 12.8. The number of hydrogen-bond acceptors (Lipinski definition) is 4. The molecule has 1 aliphatic heterocycles. The second-order valence-electron chi connectivity index (χ2n) is 6.09. The highest BCUT2D eigenvalue weighted by Crippen LogP contribution is 2.30. The normalized spacial score (nSPS) is 22.3. The zero-order valence-electron chi connectivity index (χ0n) is 12.8. The van der Waals surface area contributed by atoms with Crippen LogP contribution in [0.4, 0.5) is 0 Å². The molecule has 116 valence electrons. The van der Waals surface area contributed by atoms with E-state index in [-0.39, 0.29) is 5.91 Å². The van der Waals surface area contributed by atoms with Crippen molar-refractivity contribution in [1.29, 1.82) is 0 Å². The minimum absolute atomic E-state index is 0.00201. The van der Waals surface area contributed by atoms with Gasteiger partial charge in [-0.1, -0.05) is 5.16 Å². The van der Waals surface area contributed by atoms with Crippen LogP contribution in [0.15, 0.2) is 4.52 Å². The highest BCUT2D eigenvalue weighted by atomic mass is 16.5. The van der Waals surface area contributed by atoms with Crippen LogP contribution in [0.5, 0.6) is 0 Å². The van der Waals surface area contributed by atoms with E-state index in [1.165, 1.54) is 0 Å². The second kappa shape index (κ2) is 5.87. The summed E-state index contributed by atoms with van der Waals surface area (Å²) in [6, 6.07) is 0. The SMILES string of the molecule is Cc1noc(C)c1CCC(=O)N1CCCC(C)(C(=O)O)C1. The van der Waals surface area contributed by atoms with Crippen LogP contribution in [-0.2, 0) is 16.0 Å². The number of rotatable bonds is 4. The van der Waals surface area contributed by atoms with Gasteiger partial charge in [0.05, 0.1) is 11.1 Å². The van der Waals surface area contributed by atoms with Crippen LogP contribution in [0, 0.1) is 19.3 Å². The molecule has 1 amide bonds. The number of aliphatic carboxylic acids is 1. The molecule has 1 N–H and O–H groups in total. The summed E-state index contributed by atoms with van der Waals surface area (Å²) in [6.07, 6.45) is 2.30. The summed E-state index contributed by atoms with van der Waals surface area (Å²) in [5, 5.41) is 13.2. The minimum Gasteiger partial charge on any atom is -0.481 e. The molecule has 0 aliphatic carbocycles. The molecule has 0 spiro atoms. The van der Waals surface area contributed by atoms with Crippen molar-refractivity contribution in [2.75, 3.05) is 13.1 Å². The van der Waals surface area contributed by atoms with Crippen molar-refractivity contribution in [1.82, 2.24) is 10.1 Å². The van der Waals surface area contributed by atoms with E-state index in [4.69, 9.17) is 4.52 Å². The monoisotopic (exact) mass is 294 g/mol. The maximum absolute atomic E-state index is 12.3. The molecule has 1 aromatic heterocycles. The van der Waals surface area contributed by atoms with Crippen LogP contribution in [0.3, 0.4) is 0 Å². The van der Waals surface area contributed by atoms with Crippen LogP contribution in [0.1, 0.15) is 43.2 Å². The zero-order chi connectivity index (χ0) is 15.6. The number of amides is 1. The number of hydrogen-bond donors (Lipinski definition) is 1. The number of piperidine rings is 1. The number of aryl methyl sites for hydroxylation is 2. The average Bonchev–Trinajstić information content (AvgIpc) is 2.75. The van der Waals surface area contributed by atoms with Crippen molar-refractivity contribution in [3.63, 3.8) is 0 Å². The van der Waals surface area contributed by atoms with Crippen molar-refractivity contribution < 1.29 is 19.2 Å². The number of likely N-dealkylation sites (tertiary alicyclic amines) is 1. The number of carbonyl (C=O) groups is 2. The number of aromatic nitrogens is 1. The lowest BCUT2D eigenvalue weighted by Gasteiger charge is -2.37. The molecule has 1 atom stereocenters. The van der Waals surface area contributed by atoms with Crippen molar-refractivity contribution in [2.45, 2.75) is 46.5 Å². The van der Waals surface area contributed by atoms with Gasteiger partial charge in [0.2, 0.25) is 5.91 Å². The molecule has 1 unspecified atom stereocenters. The topological polar surface area (TPSA) is 83.6 Å². The van der Waals surface area contributed by atoms with Gasteiger partial charge < -0.3 is 14.5 Å². The molecule has 0 bridgehead atoms. The van der Waals surface area contributed by atoms with Gasteiger partial charge in [0.25, 0.3) is 0 Å². The van der Waals surface area contributed by atoms with Gasteiger partial charge in [-0.25, -0.2) is 0 Å². The molecule has 6 heteroatoms. The summed E-state index contributed by atoms with van der Waals surface area (Å²) in [7, 11) is 0. The average molecular weight is 294 g/mol. The third-order valence-corrected chi connectivity index (χ3v) is 4.34. The predicted octanol–water partition coefficient (Wildman–Crippen LogP) is 1.94. The summed E-state index contributed by atoms with van der Waals surface area (Å²) < 4.78 is 5.08. The molecular weight excluding hydrogens is 272 g/mol. The third-order valence-electron chi connectivity index (χ3n) is 4.34. The number of carbonyl (C=O) groups excluding carboxylic acids is 1. The Hall–Kier alpha value is -1.85. The Morgan fingerprint density at radius 2 is 2.14 bits per heavy atom. The Morgan fingerprint density at radius 1 is 1.43 bits per heavy atom.